The highest BCUT2D eigenvalue weighted by molar-refractivity contribution is 5.78. The summed E-state index contributed by atoms with van der Waals surface area (Å²) in [4.78, 5) is 52.9. The van der Waals surface area contributed by atoms with Crippen LogP contribution in [0.4, 0.5) is 0 Å². The molecule has 0 bridgehead atoms. The fourth-order valence-electron chi connectivity index (χ4n) is 2.01. The molecule has 0 saturated heterocycles. The largest absolute Gasteiger partial charge is 0.481 e. The minimum absolute atomic E-state index is 0.00463. The van der Waals surface area contributed by atoms with Crippen molar-refractivity contribution in [3.05, 3.63) is 0 Å². The Morgan fingerprint density at radius 3 is 0.963 bits per heavy atom. The number of carboxylic acid groups (broad SMARTS) is 5. The van der Waals surface area contributed by atoms with E-state index in [0.29, 0.717) is 0 Å². The lowest BCUT2D eigenvalue weighted by Gasteiger charge is -2.42. The van der Waals surface area contributed by atoms with Gasteiger partial charge in [0.25, 0.3) is 0 Å². The molecule has 0 aliphatic carbocycles. The van der Waals surface area contributed by atoms with Gasteiger partial charge in [0.2, 0.25) is 0 Å². The molecule has 0 amide bonds. The lowest BCUT2D eigenvalue weighted by molar-refractivity contribution is -0.150. The molecule has 0 fully saturated rings. The zero-order valence-corrected chi connectivity index (χ0v) is 14.2. The highest BCUT2D eigenvalue weighted by atomic mass is 16.4. The maximum Gasteiger partial charge on any atom is 0.321 e. The van der Waals surface area contributed by atoms with Crippen LogP contribution in [-0.4, -0.2) is 79.0 Å². The molecule has 0 aromatic carbocycles. The van der Waals surface area contributed by atoms with Crippen LogP contribution in [0.25, 0.3) is 0 Å². The van der Waals surface area contributed by atoms with Gasteiger partial charge in [-0.05, 0) is 0 Å². The van der Waals surface area contributed by atoms with Crippen LogP contribution in [-0.2, 0) is 24.0 Å². The van der Waals surface area contributed by atoms with E-state index in [1.54, 1.807) is 0 Å². The zero-order valence-electron chi connectivity index (χ0n) is 14.2. The van der Waals surface area contributed by atoms with E-state index in [4.69, 9.17) is 48.5 Å². The number of aliphatic carboxylic acids is 5. The topological polar surface area (TPSA) is 291 Å². The van der Waals surface area contributed by atoms with Crippen molar-refractivity contribution < 1.29 is 49.5 Å². The van der Waals surface area contributed by atoms with Crippen LogP contribution in [0.2, 0.25) is 0 Å². The lowest BCUT2D eigenvalue weighted by Crippen LogP contribution is -2.68. The van der Waals surface area contributed by atoms with Crippen LogP contribution < -0.4 is 22.9 Å². The molecule has 0 heterocycles. The van der Waals surface area contributed by atoms with Gasteiger partial charge in [0.05, 0.1) is 36.8 Å². The van der Waals surface area contributed by atoms with E-state index in [9.17, 15) is 24.0 Å². The number of hydrogen-bond acceptors (Lipinski definition) is 9. The Morgan fingerprint density at radius 1 is 0.667 bits per heavy atom. The Labute approximate surface area is 152 Å². The van der Waals surface area contributed by atoms with E-state index in [1.807, 2.05) is 0 Å². The van der Waals surface area contributed by atoms with Gasteiger partial charge in [-0.3, -0.25) is 24.0 Å². The zero-order chi connectivity index (χ0) is 22.0. The number of carboxylic acids is 5. The molecule has 0 radical (unpaired) electrons. The first kappa shape index (κ1) is 26.4. The van der Waals surface area contributed by atoms with Crippen LogP contribution in [0.1, 0.15) is 25.7 Å². The molecule has 14 heteroatoms. The van der Waals surface area contributed by atoms with E-state index in [2.05, 4.69) is 0 Å². The van der Waals surface area contributed by atoms with Gasteiger partial charge in [0.1, 0.15) is 6.04 Å². The Morgan fingerprint density at radius 2 is 0.889 bits per heavy atom. The summed E-state index contributed by atoms with van der Waals surface area (Å²) in [7, 11) is 0. The third-order valence-electron chi connectivity index (χ3n) is 3.43. The van der Waals surface area contributed by atoms with Crippen molar-refractivity contribution in [3.8, 4) is 0 Å². The quantitative estimate of drug-likeness (QED) is 0.165. The van der Waals surface area contributed by atoms with Gasteiger partial charge in [-0.2, -0.15) is 0 Å². The van der Waals surface area contributed by atoms with Gasteiger partial charge < -0.3 is 48.5 Å². The Hall–Kier alpha value is -2.81. The van der Waals surface area contributed by atoms with Crippen molar-refractivity contribution in [1.29, 1.82) is 0 Å². The molecule has 0 spiro atoms. The highest BCUT2D eigenvalue weighted by Crippen LogP contribution is 2.31. The lowest BCUT2D eigenvalue weighted by atomic mass is 9.69. The summed E-state index contributed by atoms with van der Waals surface area (Å²) < 4.78 is 0. The van der Waals surface area contributed by atoms with Gasteiger partial charge in [-0.1, -0.05) is 0 Å². The summed E-state index contributed by atoms with van der Waals surface area (Å²) in [5, 5.41) is 43.1. The van der Waals surface area contributed by atoms with E-state index in [-0.39, 0.29) is 6.54 Å². The third-order valence-corrected chi connectivity index (χ3v) is 3.43. The van der Waals surface area contributed by atoms with E-state index in [1.165, 1.54) is 0 Å². The maximum absolute atomic E-state index is 10.8. The Bertz CT molecular complexity index is 507. The van der Waals surface area contributed by atoms with E-state index >= 15 is 0 Å². The fraction of sp³-hybridized carbons (Fsp3) is 0.615. The summed E-state index contributed by atoms with van der Waals surface area (Å²) in [5.41, 5.74) is 16.6. The molecule has 0 saturated carbocycles. The van der Waals surface area contributed by atoms with E-state index in [0.717, 1.165) is 0 Å². The van der Waals surface area contributed by atoms with Crippen LogP contribution in [0.3, 0.4) is 0 Å². The summed E-state index contributed by atoms with van der Waals surface area (Å²) in [6.45, 7) is -0.00463. The summed E-state index contributed by atoms with van der Waals surface area (Å²) >= 11 is 0. The smallest absolute Gasteiger partial charge is 0.321 e. The van der Waals surface area contributed by atoms with Crippen LogP contribution in [0.15, 0.2) is 0 Å². The second kappa shape index (κ2) is 11.0. The molecule has 0 aliphatic rings. The van der Waals surface area contributed by atoms with Gasteiger partial charge in [0, 0.05) is 6.54 Å². The predicted molar refractivity (Wildman–Crippen MR) is 87.5 cm³/mol. The number of hydrogen-bond donors (Lipinski definition) is 9. The normalized spacial score (nSPS) is 12.3. The highest BCUT2D eigenvalue weighted by Gasteiger charge is 2.51. The summed E-state index contributed by atoms with van der Waals surface area (Å²) in [6.07, 6.45) is -3.90. The maximum atomic E-state index is 10.8. The van der Waals surface area contributed by atoms with Crippen molar-refractivity contribution in [2.75, 3.05) is 6.54 Å². The first-order chi connectivity index (χ1) is 12.1. The molecule has 13 N–H and O–H groups in total. The second-order valence-electron chi connectivity index (χ2n) is 5.77. The van der Waals surface area contributed by atoms with Crippen LogP contribution >= 0.6 is 0 Å². The van der Waals surface area contributed by atoms with Crippen molar-refractivity contribution in [2.45, 2.75) is 42.8 Å². The molecule has 0 aromatic rings. The van der Waals surface area contributed by atoms with Crippen molar-refractivity contribution in [1.82, 2.24) is 0 Å². The fourth-order valence-corrected chi connectivity index (χ4v) is 2.01. The predicted octanol–water partition coefficient (Wildman–Crippen LogP) is -3.36. The summed E-state index contributed by atoms with van der Waals surface area (Å²) in [5.74, 6) is -7.11. The molecule has 0 aliphatic heterocycles. The minimum atomic E-state index is -2.22. The Balaban J connectivity index is 0. The summed E-state index contributed by atoms with van der Waals surface area (Å²) in [6, 6.07) is -0.903. The minimum Gasteiger partial charge on any atom is -0.481 e. The SMILES string of the molecule is NC(CC(=O)O)(CC(=O)O)C(N)(CC(=O)O)CC(=O)O.NCC(N)C(=O)O. The monoisotopic (exact) mass is 396 g/mol. The first-order valence-electron chi connectivity index (χ1n) is 7.23. The average Bonchev–Trinajstić information content (AvgIpc) is 2.43. The molecule has 27 heavy (non-hydrogen) atoms. The molecule has 0 aromatic heterocycles. The van der Waals surface area contributed by atoms with Crippen molar-refractivity contribution >= 4 is 29.8 Å². The molecule has 0 rings (SSSR count). The van der Waals surface area contributed by atoms with Gasteiger partial charge in [0.15, 0.2) is 0 Å². The first-order valence-corrected chi connectivity index (χ1v) is 7.23. The average molecular weight is 396 g/mol. The second-order valence-corrected chi connectivity index (χ2v) is 5.77. The van der Waals surface area contributed by atoms with E-state index < -0.39 is 72.6 Å². The number of rotatable bonds is 11. The van der Waals surface area contributed by atoms with Gasteiger partial charge >= 0.3 is 29.8 Å². The van der Waals surface area contributed by atoms with Crippen LogP contribution in [0, 0.1) is 0 Å². The standard InChI is InChI=1S/C10H16N2O8.C3H8N2O2/c11-9(1-5(13)14,2-6(15)16)10(12,3-7(17)18)4-8(19)20;4-1-2(5)3(6)7/h1-4,11-12H2,(H,13,14)(H,15,16)(H,17,18)(H,19,20);2H,1,4-5H2,(H,6,7). The molecule has 156 valence electrons. The van der Waals surface area contributed by atoms with Gasteiger partial charge in [-0.15, -0.1) is 0 Å². The van der Waals surface area contributed by atoms with Crippen molar-refractivity contribution in [3.63, 3.8) is 0 Å². The third kappa shape index (κ3) is 10.0. The van der Waals surface area contributed by atoms with Gasteiger partial charge in [-0.25, -0.2) is 0 Å². The molecule has 1 atom stereocenters. The number of carbonyl (C=O) groups is 5. The molecular formula is C13H24N4O10. The van der Waals surface area contributed by atoms with Crippen molar-refractivity contribution in [2.24, 2.45) is 22.9 Å². The molecule has 14 nitrogen and oxygen atoms in total. The van der Waals surface area contributed by atoms with Crippen LogP contribution in [0.5, 0.6) is 0 Å². The molecular weight excluding hydrogens is 372 g/mol. The Kier molecular flexibility index (Phi) is 10.8. The molecule has 1 unspecified atom stereocenters. The number of nitrogens with two attached hydrogens (primary N) is 4.